The third kappa shape index (κ3) is 3.19. The van der Waals surface area contributed by atoms with E-state index in [1.807, 2.05) is 24.3 Å². The smallest absolute Gasteiger partial charge is 0.326 e. The van der Waals surface area contributed by atoms with Crippen LogP contribution in [0.2, 0.25) is 0 Å². The number of hydrogen-bond donors (Lipinski definition) is 1. The molecule has 116 valence electrons. The number of hydrogen-bond acceptors (Lipinski definition) is 3. The van der Waals surface area contributed by atoms with E-state index in [1.54, 1.807) is 12.1 Å². The minimum atomic E-state index is -1.06. The molecule has 1 unspecified atom stereocenters. The highest BCUT2D eigenvalue weighted by Gasteiger charge is 2.25. The lowest BCUT2D eigenvalue weighted by Crippen LogP contribution is -2.40. The van der Waals surface area contributed by atoms with Crippen LogP contribution in [0.3, 0.4) is 0 Å². The molecule has 1 N–H and O–H groups in total. The summed E-state index contributed by atoms with van der Waals surface area (Å²) in [6, 6.07) is 10.3. The predicted molar refractivity (Wildman–Crippen MR) is 82.7 cm³/mol. The van der Waals surface area contributed by atoms with Gasteiger partial charge in [-0.25, -0.2) is 4.79 Å². The lowest BCUT2D eigenvalue weighted by atomic mass is 10.1. The van der Waals surface area contributed by atoms with Crippen LogP contribution >= 0.6 is 0 Å². The SMILES string of the molecule is CCc1ccc(-c2ccc(C(=O)N(C)C(C)C(=O)O)o2)cc1. The number of carboxylic acids is 1. The first-order valence-electron chi connectivity index (χ1n) is 7.13. The fourth-order valence-corrected chi connectivity index (χ4v) is 2.03. The Morgan fingerprint density at radius 3 is 2.36 bits per heavy atom. The standard InChI is InChI=1S/C17H19NO4/c1-4-12-5-7-13(8-6-12)14-9-10-15(22-14)16(19)18(3)11(2)17(20)21/h5-11H,4H2,1-3H3,(H,20,21). The molecule has 1 amide bonds. The zero-order valence-corrected chi connectivity index (χ0v) is 12.9. The number of aryl methyl sites for hydroxylation is 1. The number of aliphatic carboxylic acids is 1. The van der Waals surface area contributed by atoms with Gasteiger partial charge in [0.15, 0.2) is 5.76 Å². The number of rotatable bonds is 5. The van der Waals surface area contributed by atoms with Gasteiger partial charge in [0, 0.05) is 12.6 Å². The van der Waals surface area contributed by atoms with Crippen molar-refractivity contribution in [1.82, 2.24) is 4.90 Å². The zero-order valence-electron chi connectivity index (χ0n) is 12.9. The Morgan fingerprint density at radius 2 is 1.82 bits per heavy atom. The normalized spacial score (nSPS) is 12.0. The van der Waals surface area contributed by atoms with E-state index in [4.69, 9.17) is 9.52 Å². The maximum Gasteiger partial charge on any atom is 0.326 e. The molecule has 0 aliphatic carbocycles. The van der Waals surface area contributed by atoms with Crippen molar-refractivity contribution in [3.63, 3.8) is 0 Å². The number of furan rings is 1. The maximum atomic E-state index is 12.2. The Labute approximate surface area is 129 Å². The van der Waals surface area contributed by atoms with Crippen molar-refractivity contribution < 1.29 is 19.1 Å². The molecule has 1 atom stereocenters. The topological polar surface area (TPSA) is 70.8 Å². The van der Waals surface area contributed by atoms with E-state index in [0.717, 1.165) is 16.9 Å². The van der Waals surface area contributed by atoms with Gasteiger partial charge < -0.3 is 14.4 Å². The highest BCUT2D eigenvalue weighted by Crippen LogP contribution is 2.23. The van der Waals surface area contributed by atoms with E-state index in [9.17, 15) is 9.59 Å². The van der Waals surface area contributed by atoms with Crippen molar-refractivity contribution in [3.8, 4) is 11.3 Å². The number of benzene rings is 1. The second-order valence-electron chi connectivity index (χ2n) is 5.14. The number of carboxylic acid groups (broad SMARTS) is 1. The second-order valence-corrected chi connectivity index (χ2v) is 5.14. The average molecular weight is 301 g/mol. The predicted octanol–water partition coefficient (Wildman–Crippen LogP) is 3.05. The number of carbonyl (C=O) groups excluding carboxylic acids is 1. The molecular weight excluding hydrogens is 282 g/mol. The molecular formula is C17H19NO4. The highest BCUT2D eigenvalue weighted by atomic mass is 16.4. The van der Waals surface area contributed by atoms with Crippen LogP contribution in [-0.4, -0.2) is 35.0 Å². The molecule has 22 heavy (non-hydrogen) atoms. The first-order valence-corrected chi connectivity index (χ1v) is 7.13. The van der Waals surface area contributed by atoms with Gasteiger partial charge in [-0.2, -0.15) is 0 Å². The van der Waals surface area contributed by atoms with Gasteiger partial charge >= 0.3 is 5.97 Å². The van der Waals surface area contributed by atoms with E-state index < -0.39 is 17.9 Å². The minimum Gasteiger partial charge on any atom is -0.480 e. The van der Waals surface area contributed by atoms with Crippen LogP contribution in [0.15, 0.2) is 40.8 Å². The van der Waals surface area contributed by atoms with Crippen LogP contribution in [-0.2, 0) is 11.2 Å². The summed E-state index contributed by atoms with van der Waals surface area (Å²) in [4.78, 5) is 24.3. The molecule has 0 bridgehead atoms. The molecule has 2 rings (SSSR count). The summed E-state index contributed by atoms with van der Waals surface area (Å²) < 4.78 is 5.57. The summed E-state index contributed by atoms with van der Waals surface area (Å²) in [6.07, 6.45) is 0.958. The first-order chi connectivity index (χ1) is 10.4. The van der Waals surface area contributed by atoms with Gasteiger partial charge in [0.1, 0.15) is 11.8 Å². The molecule has 0 aliphatic rings. The third-order valence-electron chi connectivity index (χ3n) is 3.72. The molecule has 5 heteroatoms. The Hall–Kier alpha value is -2.56. The van der Waals surface area contributed by atoms with E-state index in [0.29, 0.717) is 5.76 Å². The summed E-state index contributed by atoms with van der Waals surface area (Å²) in [5.74, 6) is -0.795. The quantitative estimate of drug-likeness (QED) is 0.921. The van der Waals surface area contributed by atoms with Crippen molar-refractivity contribution >= 4 is 11.9 Å². The maximum absolute atomic E-state index is 12.2. The molecule has 0 saturated heterocycles. The fraction of sp³-hybridized carbons (Fsp3) is 0.294. The number of amides is 1. The van der Waals surface area contributed by atoms with E-state index in [1.165, 1.54) is 19.5 Å². The fourth-order valence-electron chi connectivity index (χ4n) is 2.03. The molecule has 1 aromatic carbocycles. The first kappa shape index (κ1) is 15.8. The van der Waals surface area contributed by atoms with Crippen LogP contribution in [0.5, 0.6) is 0 Å². The summed E-state index contributed by atoms with van der Waals surface area (Å²) in [5, 5.41) is 8.96. The molecule has 5 nitrogen and oxygen atoms in total. The van der Waals surface area contributed by atoms with Gasteiger partial charge in [-0.1, -0.05) is 31.2 Å². The Kier molecular flexibility index (Phi) is 4.65. The van der Waals surface area contributed by atoms with Gasteiger partial charge in [0.2, 0.25) is 0 Å². The van der Waals surface area contributed by atoms with Crippen LogP contribution in [0.4, 0.5) is 0 Å². The van der Waals surface area contributed by atoms with Crippen LogP contribution in [0.1, 0.15) is 30.0 Å². The van der Waals surface area contributed by atoms with Gasteiger partial charge in [0.25, 0.3) is 5.91 Å². The summed E-state index contributed by atoms with van der Waals surface area (Å²) in [7, 11) is 1.44. The van der Waals surface area contributed by atoms with Crippen molar-refractivity contribution in [2.24, 2.45) is 0 Å². The third-order valence-corrected chi connectivity index (χ3v) is 3.72. The summed E-state index contributed by atoms with van der Waals surface area (Å²) in [5.41, 5.74) is 2.10. The van der Waals surface area contributed by atoms with Crippen molar-refractivity contribution in [2.75, 3.05) is 7.05 Å². The van der Waals surface area contributed by atoms with Crippen LogP contribution in [0.25, 0.3) is 11.3 Å². The Balaban J connectivity index is 2.20. The van der Waals surface area contributed by atoms with Crippen LogP contribution < -0.4 is 0 Å². The Bertz CT molecular complexity index is 672. The van der Waals surface area contributed by atoms with Gasteiger partial charge in [-0.15, -0.1) is 0 Å². The molecule has 1 aromatic heterocycles. The van der Waals surface area contributed by atoms with E-state index in [2.05, 4.69) is 6.92 Å². The summed E-state index contributed by atoms with van der Waals surface area (Å²) >= 11 is 0. The Morgan fingerprint density at radius 1 is 1.18 bits per heavy atom. The van der Waals surface area contributed by atoms with Gasteiger partial charge in [0.05, 0.1) is 0 Å². The molecule has 0 spiro atoms. The lowest BCUT2D eigenvalue weighted by Gasteiger charge is -2.19. The minimum absolute atomic E-state index is 0.130. The molecule has 0 fully saturated rings. The monoisotopic (exact) mass is 301 g/mol. The second kappa shape index (κ2) is 6.47. The number of likely N-dealkylation sites (N-methyl/N-ethyl adjacent to an activating group) is 1. The lowest BCUT2D eigenvalue weighted by molar-refractivity contribution is -0.141. The van der Waals surface area contributed by atoms with Crippen molar-refractivity contribution in [3.05, 3.63) is 47.7 Å². The zero-order chi connectivity index (χ0) is 16.3. The van der Waals surface area contributed by atoms with Gasteiger partial charge in [-0.05, 0) is 31.0 Å². The molecule has 0 radical (unpaired) electrons. The van der Waals surface area contributed by atoms with Crippen LogP contribution in [0, 0.1) is 0 Å². The molecule has 0 saturated carbocycles. The van der Waals surface area contributed by atoms with Crippen molar-refractivity contribution in [2.45, 2.75) is 26.3 Å². The summed E-state index contributed by atoms with van der Waals surface area (Å²) in [6.45, 7) is 3.53. The number of nitrogens with zero attached hydrogens (tertiary/aromatic N) is 1. The van der Waals surface area contributed by atoms with Crippen molar-refractivity contribution in [1.29, 1.82) is 0 Å². The van der Waals surface area contributed by atoms with E-state index in [-0.39, 0.29) is 5.76 Å². The highest BCUT2D eigenvalue weighted by molar-refractivity contribution is 5.94. The number of carbonyl (C=O) groups is 2. The molecule has 0 aliphatic heterocycles. The molecule has 1 heterocycles. The molecule has 2 aromatic rings. The van der Waals surface area contributed by atoms with Gasteiger partial charge in [-0.3, -0.25) is 4.79 Å². The largest absolute Gasteiger partial charge is 0.480 e. The van der Waals surface area contributed by atoms with E-state index >= 15 is 0 Å². The average Bonchev–Trinajstić information content (AvgIpc) is 3.02.